The number of aliphatic hydroxyl groups is 1. The number of ketones is 1. The van der Waals surface area contributed by atoms with Gasteiger partial charge in [0.2, 0.25) is 0 Å². The van der Waals surface area contributed by atoms with Gasteiger partial charge in [-0.1, -0.05) is 12.1 Å². The number of carbonyl (C=O) groups is 2. The van der Waals surface area contributed by atoms with Crippen molar-refractivity contribution in [1.82, 2.24) is 4.90 Å². The Balaban J connectivity index is 1.80. The minimum absolute atomic E-state index is 0.0602. The monoisotopic (exact) mass is 451 g/mol. The molecule has 1 N–H and O–H groups in total. The van der Waals surface area contributed by atoms with Gasteiger partial charge in [-0.3, -0.25) is 9.59 Å². The Labute approximate surface area is 193 Å². The second kappa shape index (κ2) is 9.67. The molecule has 0 unspecified atom stereocenters. The summed E-state index contributed by atoms with van der Waals surface area (Å²) in [6.45, 7) is 5.15. The Hall–Kier alpha value is -3.32. The highest BCUT2D eigenvalue weighted by Crippen LogP contribution is 2.41. The van der Waals surface area contributed by atoms with Crippen molar-refractivity contribution in [2.75, 3.05) is 26.9 Å². The molecule has 2 aromatic carbocycles. The van der Waals surface area contributed by atoms with Crippen LogP contribution in [0.4, 0.5) is 0 Å². The molecule has 0 radical (unpaired) electrons. The number of methoxy groups -OCH3 is 1. The molecular formula is C26H29NO6. The highest BCUT2D eigenvalue weighted by Gasteiger charge is 2.46. The largest absolute Gasteiger partial charge is 0.507 e. The second-order valence-corrected chi connectivity index (χ2v) is 8.30. The number of ether oxygens (including phenoxy) is 3. The molecule has 4 rings (SSSR count). The van der Waals surface area contributed by atoms with Gasteiger partial charge in [0.15, 0.2) is 0 Å². The van der Waals surface area contributed by atoms with Crippen LogP contribution in [-0.2, 0) is 20.7 Å². The number of benzene rings is 2. The van der Waals surface area contributed by atoms with Crippen molar-refractivity contribution in [2.24, 2.45) is 0 Å². The van der Waals surface area contributed by atoms with Crippen molar-refractivity contribution in [3.63, 3.8) is 0 Å². The summed E-state index contributed by atoms with van der Waals surface area (Å²) in [4.78, 5) is 27.7. The minimum Gasteiger partial charge on any atom is -0.507 e. The number of Topliss-reactive ketones (excluding diaryl/α,β-unsaturated/α-hetero) is 1. The van der Waals surface area contributed by atoms with Crippen LogP contribution in [0.1, 0.15) is 43.0 Å². The topological polar surface area (TPSA) is 85.3 Å². The summed E-state index contributed by atoms with van der Waals surface area (Å²) >= 11 is 0. The van der Waals surface area contributed by atoms with Crippen LogP contribution in [0.5, 0.6) is 11.5 Å². The van der Waals surface area contributed by atoms with E-state index in [9.17, 15) is 14.7 Å². The number of carbonyl (C=O) groups excluding carboxylic acids is 2. The lowest BCUT2D eigenvalue weighted by Crippen LogP contribution is -2.31. The molecule has 1 amide bonds. The van der Waals surface area contributed by atoms with Crippen LogP contribution in [0, 0.1) is 0 Å². The number of hydrogen-bond acceptors (Lipinski definition) is 6. The predicted octanol–water partition coefficient (Wildman–Crippen LogP) is 3.87. The first-order valence-corrected chi connectivity index (χ1v) is 11.2. The number of rotatable bonds is 8. The van der Waals surface area contributed by atoms with E-state index >= 15 is 0 Å². The Kier molecular flexibility index (Phi) is 6.70. The average Bonchev–Trinajstić information content (AvgIpc) is 3.30. The van der Waals surface area contributed by atoms with Gasteiger partial charge < -0.3 is 24.2 Å². The summed E-state index contributed by atoms with van der Waals surface area (Å²) in [5.41, 5.74) is 2.25. The van der Waals surface area contributed by atoms with Crippen LogP contribution in [0.15, 0.2) is 48.0 Å². The van der Waals surface area contributed by atoms with Gasteiger partial charge in [-0.05, 0) is 61.7 Å². The normalized spacial score (nSPS) is 21.2. The van der Waals surface area contributed by atoms with Crippen molar-refractivity contribution in [3.05, 3.63) is 64.7 Å². The first kappa shape index (κ1) is 22.9. The molecular weight excluding hydrogens is 422 g/mol. The van der Waals surface area contributed by atoms with Crippen LogP contribution < -0.4 is 9.47 Å². The van der Waals surface area contributed by atoms with Crippen LogP contribution >= 0.6 is 0 Å². The van der Waals surface area contributed by atoms with Crippen LogP contribution in [-0.4, -0.2) is 54.7 Å². The van der Waals surface area contributed by atoms with Crippen molar-refractivity contribution in [1.29, 1.82) is 0 Å². The fourth-order valence-corrected chi connectivity index (χ4v) is 4.50. The summed E-state index contributed by atoms with van der Waals surface area (Å²) in [6.07, 6.45) is 1.35. The van der Waals surface area contributed by atoms with Crippen molar-refractivity contribution < 1.29 is 28.9 Å². The molecule has 1 fully saturated rings. The maximum Gasteiger partial charge on any atom is 0.295 e. The van der Waals surface area contributed by atoms with Gasteiger partial charge in [0.1, 0.15) is 23.4 Å². The van der Waals surface area contributed by atoms with Crippen LogP contribution in [0.25, 0.3) is 5.76 Å². The van der Waals surface area contributed by atoms with Gasteiger partial charge in [0.25, 0.3) is 11.7 Å². The van der Waals surface area contributed by atoms with E-state index in [1.807, 2.05) is 44.2 Å². The van der Waals surface area contributed by atoms with Gasteiger partial charge in [-0.15, -0.1) is 0 Å². The highest BCUT2D eigenvalue weighted by molar-refractivity contribution is 6.46. The lowest BCUT2D eigenvalue weighted by Gasteiger charge is -2.25. The summed E-state index contributed by atoms with van der Waals surface area (Å²) in [7, 11) is 1.59. The quantitative estimate of drug-likeness (QED) is 0.284. The Bertz CT molecular complexity index is 1090. The SMILES string of the molecule is CCOc1cccc([C@H]2/C(=C(\O)c3ccc4c(c3)C[C@H](C)O4)C(=O)C(=O)N2CCCOC)c1. The summed E-state index contributed by atoms with van der Waals surface area (Å²) in [5, 5.41) is 11.3. The summed E-state index contributed by atoms with van der Waals surface area (Å²) in [5.74, 6) is -0.0858. The van der Waals surface area contributed by atoms with Gasteiger partial charge in [-0.2, -0.15) is 0 Å². The third-order valence-electron chi connectivity index (χ3n) is 5.94. The first-order valence-electron chi connectivity index (χ1n) is 11.2. The van der Waals surface area contributed by atoms with E-state index in [4.69, 9.17) is 14.2 Å². The molecule has 174 valence electrons. The number of aliphatic hydroxyl groups excluding tert-OH is 1. The lowest BCUT2D eigenvalue weighted by atomic mass is 9.94. The molecule has 7 heteroatoms. The van der Waals surface area contributed by atoms with Gasteiger partial charge in [-0.25, -0.2) is 0 Å². The predicted molar refractivity (Wildman–Crippen MR) is 123 cm³/mol. The second-order valence-electron chi connectivity index (χ2n) is 8.30. The average molecular weight is 452 g/mol. The van der Waals surface area contributed by atoms with Crippen molar-refractivity contribution in [2.45, 2.75) is 38.8 Å². The van der Waals surface area contributed by atoms with Crippen LogP contribution in [0.2, 0.25) is 0 Å². The minimum atomic E-state index is -0.717. The lowest BCUT2D eigenvalue weighted by molar-refractivity contribution is -0.140. The highest BCUT2D eigenvalue weighted by atomic mass is 16.5. The molecule has 2 aromatic rings. The molecule has 2 aliphatic rings. The number of likely N-dealkylation sites (tertiary alicyclic amines) is 1. The van der Waals surface area contributed by atoms with E-state index in [1.54, 1.807) is 19.2 Å². The number of amides is 1. The Morgan fingerprint density at radius 2 is 2.03 bits per heavy atom. The van der Waals surface area contributed by atoms with E-state index in [1.165, 1.54) is 4.90 Å². The van der Waals surface area contributed by atoms with E-state index in [0.717, 1.165) is 17.7 Å². The summed E-state index contributed by atoms with van der Waals surface area (Å²) < 4.78 is 16.5. The van der Waals surface area contributed by atoms with Crippen LogP contribution in [0.3, 0.4) is 0 Å². The smallest absolute Gasteiger partial charge is 0.295 e. The number of hydrogen-bond donors (Lipinski definition) is 1. The molecule has 0 bridgehead atoms. The van der Waals surface area contributed by atoms with Gasteiger partial charge in [0, 0.05) is 32.2 Å². The molecule has 2 aliphatic heterocycles. The third kappa shape index (κ3) is 4.46. The summed E-state index contributed by atoms with van der Waals surface area (Å²) in [6, 6.07) is 11.9. The molecule has 0 aliphatic carbocycles. The zero-order valence-electron chi connectivity index (χ0n) is 19.2. The molecule has 7 nitrogen and oxygen atoms in total. The zero-order valence-corrected chi connectivity index (χ0v) is 19.2. The number of nitrogens with zero attached hydrogens (tertiary/aromatic N) is 1. The zero-order chi connectivity index (χ0) is 23.5. The third-order valence-corrected chi connectivity index (χ3v) is 5.94. The van der Waals surface area contributed by atoms with Gasteiger partial charge >= 0.3 is 0 Å². The standard InChI is InChI=1S/C26H29NO6/c1-4-32-20-8-5-7-17(15-20)23-22(25(29)26(30)27(23)11-6-12-31-3)24(28)18-9-10-21-19(14-18)13-16(2)33-21/h5,7-10,14-16,23,28H,4,6,11-13H2,1-3H3/b24-22+/t16-,23-/m0/s1. The van der Waals surface area contributed by atoms with Gasteiger partial charge in [0.05, 0.1) is 18.2 Å². The maximum absolute atomic E-state index is 13.1. The molecule has 33 heavy (non-hydrogen) atoms. The van der Waals surface area contributed by atoms with E-state index in [0.29, 0.717) is 43.1 Å². The van der Waals surface area contributed by atoms with E-state index < -0.39 is 17.7 Å². The fraction of sp³-hybridized carbons (Fsp3) is 0.385. The van der Waals surface area contributed by atoms with E-state index in [2.05, 4.69) is 0 Å². The van der Waals surface area contributed by atoms with E-state index in [-0.39, 0.29) is 17.4 Å². The Morgan fingerprint density at radius 3 is 2.79 bits per heavy atom. The number of fused-ring (bicyclic) bond motifs is 1. The van der Waals surface area contributed by atoms with Crippen molar-refractivity contribution >= 4 is 17.4 Å². The maximum atomic E-state index is 13.1. The first-order chi connectivity index (χ1) is 15.9. The molecule has 0 saturated carbocycles. The molecule has 2 heterocycles. The Morgan fingerprint density at radius 1 is 1.21 bits per heavy atom. The molecule has 2 atom stereocenters. The van der Waals surface area contributed by atoms with Crippen molar-refractivity contribution in [3.8, 4) is 11.5 Å². The molecule has 0 spiro atoms. The molecule has 1 saturated heterocycles. The molecule has 0 aromatic heterocycles. The fourth-order valence-electron chi connectivity index (χ4n) is 4.50.